The van der Waals surface area contributed by atoms with Gasteiger partial charge in [-0.15, -0.1) is 0 Å². The SMILES string of the molecule is COc1ccc(CC(=O)NCC(Br)CC(C)C)cc1. The fourth-order valence-electron chi connectivity index (χ4n) is 1.81. The zero-order chi connectivity index (χ0) is 14.3. The predicted molar refractivity (Wildman–Crippen MR) is 81.9 cm³/mol. The summed E-state index contributed by atoms with van der Waals surface area (Å²) >= 11 is 3.58. The summed E-state index contributed by atoms with van der Waals surface area (Å²) in [5, 5.41) is 2.95. The monoisotopic (exact) mass is 327 g/mol. The lowest BCUT2D eigenvalue weighted by Gasteiger charge is -2.13. The normalized spacial score (nSPS) is 12.3. The van der Waals surface area contributed by atoms with Gasteiger partial charge < -0.3 is 10.1 Å². The van der Waals surface area contributed by atoms with Crippen molar-refractivity contribution in [2.24, 2.45) is 5.92 Å². The molecule has 1 rings (SSSR count). The van der Waals surface area contributed by atoms with Crippen LogP contribution in [0.5, 0.6) is 5.75 Å². The van der Waals surface area contributed by atoms with Crippen molar-refractivity contribution in [1.29, 1.82) is 0 Å². The lowest BCUT2D eigenvalue weighted by atomic mass is 10.1. The second kappa shape index (κ2) is 8.20. The molecule has 0 heterocycles. The molecule has 0 aliphatic rings. The standard InChI is InChI=1S/C15H22BrNO2/c1-11(2)8-13(16)10-17-15(18)9-12-4-6-14(19-3)7-5-12/h4-7,11,13H,8-10H2,1-3H3,(H,17,18). The van der Waals surface area contributed by atoms with Gasteiger partial charge in [0.1, 0.15) is 5.75 Å². The van der Waals surface area contributed by atoms with Crippen molar-refractivity contribution in [3.8, 4) is 5.75 Å². The quantitative estimate of drug-likeness (QED) is 0.781. The van der Waals surface area contributed by atoms with Crippen LogP contribution < -0.4 is 10.1 Å². The van der Waals surface area contributed by atoms with Gasteiger partial charge in [0.05, 0.1) is 13.5 Å². The number of hydrogen-bond donors (Lipinski definition) is 1. The Labute approximate surface area is 123 Å². The summed E-state index contributed by atoms with van der Waals surface area (Å²) in [6.45, 7) is 5.02. The van der Waals surface area contributed by atoms with Crippen LogP contribution in [0.15, 0.2) is 24.3 Å². The Morgan fingerprint density at radius 3 is 2.47 bits per heavy atom. The van der Waals surface area contributed by atoms with Crippen LogP contribution in [0.25, 0.3) is 0 Å². The van der Waals surface area contributed by atoms with E-state index < -0.39 is 0 Å². The van der Waals surface area contributed by atoms with Crippen molar-refractivity contribution in [2.45, 2.75) is 31.5 Å². The molecule has 0 aliphatic heterocycles. The fourth-order valence-corrected chi connectivity index (χ4v) is 2.72. The maximum atomic E-state index is 11.8. The summed E-state index contributed by atoms with van der Waals surface area (Å²) in [6.07, 6.45) is 1.47. The predicted octanol–water partition coefficient (Wildman–Crippen LogP) is 3.16. The topological polar surface area (TPSA) is 38.3 Å². The maximum absolute atomic E-state index is 11.8. The molecule has 0 fully saturated rings. The van der Waals surface area contributed by atoms with Crippen LogP contribution in [0.4, 0.5) is 0 Å². The average molecular weight is 328 g/mol. The number of benzene rings is 1. The van der Waals surface area contributed by atoms with Crippen LogP contribution >= 0.6 is 15.9 Å². The summed E-state index contributed by atoms with van der Waals surface area (Å²) in [7, 11) is 1.63. The van der Waals surface area contributed by atoms with Crippen LogP contribution in [0.2, 0.25) is 0 Å². The molecule has 1 aromatic carbocycles. The Morgan fingerprint density at radius 1 is 1.32 bits per heavy atom. The number of carbonyl (C=O) groups is 1. The molecule has 1 amide bonds. The highest BCUT2D eigenvalue weighted by atomic mass is 79.9. The molecule has 0 aliphatic carbocycles. The van der Waals surface area contributed by atoms with E-state index in [0.717, 1.165) is 17.7 Å². The van der Waals surface area contributed by atoms with Gasteiger partial charge in [0.25, 0.3) is 0 Å². The largest absolute Gasteiger partial charge is 0.497 e. The van der Waals surface area contributed by atoms with Crippen LogP contribution in [0.1, 0.15) is 25.8 Å². The lowest BCUT2D eigenvalue weighted by Crippen LogP contribution is -2.31. The Bertz CT molecular complexity index is 390. The number of halogens is 1. The van der Waals surface area contributed by atoms with Crippen molar-refractivity contribution >= 4 is 21.8 Å². The molecule has 3 nitrogen and oxygen atoms in total. The average Bonchev–Trinajstić information content (AvgIpc) is 2.36. The number of methoxy groups -OCH3 is 1. The third kappa shape index (κ3) is 6.62. The van der Waals surface area contributed by atoms with Crippen LogP contribution in [0, 0.1) is 5.92 Å². The zero-order valence-electron chi connectivity index (χ0n) is 11.8. The van der Waals surface area contributed by atoms with E-state index in [1.54, 1.807) is 7.11 Å². The number of amides is 1. The second-order valence-corrected chi connectivity index (χ2v) is 6.35. The summed E-state index contributed by atoms with van der Waals surface area (Å²) in [5.74, 6) is 1.49. The Balaban J connectivity index is 2.34. The number of nitrogens with one attached hydrogen (secondary N) is 1. The highest BCUT2D eigenvalue weighted by molar-refractivity contribution is 9.09. The molecule has 19 heavy (non-hydrogen) atoms. The summed E-state index contributed by atoms with van der Waals surface area (Å²) in [6, 6.07) is 7.57. The minimum absolute atomic E-state index is 0.0540. The number of rotatable bonds is 7. The van der Waals surface area contributed by atoms with E-state index in [4.69, 9.17) is 4.74 Å². The minimum atomic E-state index is 0.0540. The van der Waals surface area contributed by atoms with Crippen LogP contribution in [-0.4, -0.2) is 24.4 Å². The van der Waals surface area contributed by atoms with Gasteiger partial charge in [0.15, 0.2) is 0 Å². The molecular formula is C15H22BrNO2. The first kappa shape index (κ1) is 16.0. The first-order chi connectivity index (χ1) is 9.01. The zero-order valence-corrected chi connectivity index (χ0v) is 13.4. The lowest BCUT2D eigenvalue weighted by molar-refractivity contribution is -0.120. The highest BCUT2D eigenvalue weighted by Crippen LogP contribution is 2.13. The van der Waals surface area contributed by atoms with Gasteiger partial charge >= 0.3 is 0 Å². The number of ether oxygens (including phenoxy) is 1. The second-order valence-electron chi connectivity index (χ2n) is 5.06. The molecule has 1 atom stereocenters. The first-order valence-corrected chi connectivity index (χ1v) is 7.46. The van der Waals surface area contributed by atoms with Gasteiger partial charge in [-0.2, -0.15) is 0 Å². The number of carbonyl (C=O) groups excluding carboxylic acids is 1. The van der Waals surface area contributed by atoms with E-state index in [9.17, 15) is 4.79 Å². The van der Waals surface area contributed by atoms with E-state index in [2.05, 4.69) is 35.1 Å². The Morgan fingerprint density at radius 2 is 1.95 bits per heavy atom. The summed E-state index contributed by atoms with van der Waals surface area (Å²) < 4.78 is 5.08. The molecule has 1 N–H and O–H groups in total. The van der Waals surface area contributed by atoms with Gasteiger partial charge in [0, 0.05) is 11.4 Å². The highest BCUT2D eigenvalue weighted by Gasteiger charge is 2.09. The Hall–Kier alpha value is -1.03. The molecule has 0 bridgehead atoms. The van der Waals surface area contributed by atoms with Crippen molar-refractivity contribution in [3.63, 3.8) is 0 Å². The smallest absolute Gasteiger partial charge is 0.224 e. The summed E-state index contributed by atoms with van der Waals surface area (Å²) in [5.41, 5.74) is 0.994. The first-order valence-electron chi connectivity index (χ1n) is 6.55. The number of alkyl halides is 1. The molecule has 0 saturated heterocycles. The van der Waals surface area contributed by atoms with E-state index in [1.165, 1.54) is 0 Å². The number of hydrogen-bond acceptors (Lipinski definition) is 2. The summed E-state index contributed by atoms with van der Waals surface area (Å²) in [4.78, 5) is 12.1. The molecule has 4 heteroatoms. The van der Waals surface area contributed by atoms with Crippen LogP contribution in [0.3, 0.4) is 0 Å². The third-order valence-electron chi connectivity index (χ3n) is 2.77. The van der Waals surface area contributed by atoms with E-state index in [0.29, 0.717) is 23.7 Å². The van der Waals surface area contributed by atoms with Crippen molar-refractivity contribution in [1.82, 2.24) is 5.32 Å². The molecule has 1 aromatic rings. The molecule has 0 aromatic heterocycles. The van der Waals surface area contributed by atoms with E-state index >= 15 is 0 Å². The minimum Gasteiger partial charge on any atom is -0.497 e. The fraction of sp³-hybridized carbons (Fsp3) is 0.533. The molecule has 0 saturated carbocycles. The molecule has 0 spiro atoms. The van der Waals surface area contributed by atoms with Gasteiger partial charge in [-0.3, -0.25) is 4.79 Å². The van der Waals surface area contributed by atoms with E-state index in [-0.39, 0.29) is 5.91 Å². The van der Waals surface area contributed by atoms with Crippen molar-refractivity contribution in [3.05, 3.63) is 29.8 Å². The van der Waals surface area contributed by atoms with Gasteiger partial charge in [0.2, 0.25) is 5.91 Å². The van der Waals surface area contributed by atoms with Gasteiger partial charge in [-0.1, -0.05) is 41.9 Å². The van der Waals surface area contributed by atoms with Crippen molar-refractivity contribution < 1.29 is 9.53 Å². The molecule has 106 valence electrons. The van der Waals surface area contributed by atoms with Gasteiger partial charge in [-0.05, 0) is 30.0 Å². The van der Waals surface area contributed by atoms with E-state index in [1.807, 2.05) is 24.3 Å². The molecular weight excluding hydrogens is 306 g/mol. The Kier molecular flexibility index (Phi) is 6.92. The third-order valence-corrected chi connectivity index (χ3v) is 3.47. The maximum Gasteiger partial charge on any atom is 0.224 e. The molecule has 1 unspecified atom stereocenters. The molecule has 0 radical (unpaired) electrons. The van der Waals surface area contributed by atoms with Crippen LogP contribution in [-0.2, 0) is 11.2 Å². The van der Waals surface area contributed by atoms with Crippen molar-refractivity contribution in [2.75, 3.05) is 13.7 Å². The van der Waals surface area contributed by atoms with Gasteiger partial charge in [-0.25, -0.2) is 0 Å².